The first-order chi connectivity index (χ1) is 16.3. The van der Waals surface area contributed by atoms with Crippen LogP contribution in [-0.2, 0) is 0 Å². The Kier molecular flexibility index (Phi) is 7.78. The van der Waals surface area contributed by atoms with Crippen molar-refractivity contribution in [2.24, 2.45) is 5.10 Å². The first-order valence-electron chi connectivity index (χ1n) is 9.64. The summed E-state index contributed by atoms with van der Waals surface area (Å²) >= 11 is 5.96. The van der Waals surface area contributed by atoms with Crippen LogP contribution in [0.4, 0.5) is 5.69 Å². The molecule has 11 heteroatoms. The summed E-state index contributed by atoms with van der Waals surface area (Å²) in [4.78, 5) is 35.9. The minimum Gasteiger partial charge on any atom is -0.497 e. The van der Waals surface area contributed by atoms with Crippen molar-refractivity contribution in [1.82, 2.24) is 5.43 Å². The number of esters is 1. The van der Waals surface area contributed by atoms with Crippen LogP contribution in [0.15, 0.2) is 65.8 Å². The molecule has 0 aliphatic rings. The summed E-state index contributed by atoms with van der Waals surface area (Å²) in [5, 5.41) is 15.6. The highest BCUT2D eigenvalue weighted by Crippen LogP contribution is 2.32. The van der Waals surface area contributed by atoms with Gasteiger partial charge in [-0.3, -0.25) is 14.9 Å². The Bertz CT molecular complexity index is 1260. The van der Waals surface area contributed by atoms with Crippen LogP contribution in [0.3, 0.4) is 0 Å². The number of carbonyl (C=O) groups excluding carboxylic acids is 2. The molecular weight excluding hydrogens is 466 g/mol. The van der Waals surface area contributed by atoms with Crippen LogP contribution >= 0.6 is 11.6 Å². The molecule has 0 aliphatic carbocycles. The van der Waals surface area contributed by atoms with Gasteiger partial charge in [0.25, 0.3) is 5.91 Å². The first-order valence-corrected chi connectivity index (χ1v) is 10.0. The second-order valence-electron chi connectivity index (χ2n) is 6.61. The maximum atomic E-state index is 12.8. The van der Waals surface area contributed by atoms with Gasteiger partial charge in [0, 0.05) is 22.2 Å². The summed E-state index contributed by atoms with van der Waals surface area (Å²) in [6.45, 7) is 0. The number of nitrogens with one attached hydrogen (secondary N) is 1. The molecule has 0 unspecified atom stereocenters. The molecule has 174 valence electrons. The van der Waals surface area contributed by atoms with E-state index in [2.05, 4.69) is 10.5 Å². The van der Waals surface area contributed by atoms with E-state index in [-0.39, 0.29) is 27.6 Å². The number of hydrogen-bond acceptors (Lipinski definition) is 8. The van der Waals surface area contributed by atoms with E-state index in [0.29, 0.717) is 11.3 Å². The van der Waals surface area contributed by atoms with Gasteiger partial charge in [0.2, 0.25) is 5.75 Å². The van der Waals surface area contributed by atoms with Crippen molar-refractivity contribution in [2.45, 2.75) is 0 Å². The van der Waals surface area contributed by atoms with Crippen LogP contribution in [-0.4, -0.2) is 37.2 Å². The summed E-state index contributed by atoms with van der Waals surface area (Å²) < 4.78 is 15.5. The smallest absolute Gasteiger partial charge is 0.347 e. The summed E-state index contributed by atoms with van der Waals surface area (Å²) in [7, 11) is 2.86. The number of nitro benzene ring substituents is 1. The molecule has 0 radical (unpaired) electrons. The van der Waals surface area contributed by atoms with Crippen molar-refractivity contribution in [1.29, 1.82) is 0 Å². The predicted molar refractivity (Wildman–Crippen MR) is 124 cm³/mol. The van der Waals surface area contributed by atoms with Gasteiger partial charge in [-0.15, -0.1) is 0 Å². The van der Waals surface area contributed by atoms with Gasteiger partial charge < -0.3 is 14.2 Å². The molecule has 34 heavy (non-hydrogen) atoms. The first kappa shape index (κ1) is 24.2. The van der Waals surface area contributed by atoms with E-state index < -0.39 is 22.5 Å². The molecule has 3 rings (SSSR count). The largest absolute Gasteiger partial charge is 0.497 e. The second-order valence-corrected chi connectivity index (χ2v) is 7.05. The van der Waals surface area contributed by atoms with Crippen molar-refractivity contribution >= 4 is 35.4 Å². The fourth-order valence-electron chi connectivity index (χ4n) is 2.85. The Labute approximate surface area is 198 Å². The SMILES string of the molecule is COc1ccc(C(=O)N/N=C/c2cccc([N+](=O)[O-])c2OC(=O)c2cc(Cl)ccc2OC)cc1. The number of carbonyl (C=O) groups is 2. The second kappa shape index (κ2) is 10.9. The molecule has 0 atom stereocenters. The Morgan fingerprint density at radius 2 is 1.79 bits per heavy atom. The standard InChI is InChI=1S/C23H18ClN3O7/c1-32-17-9-6-14(7-10-17)22(28)26-25-13-15-4-3-5-19(27(30)31)21(15)34-23(29)18-12-16(24)8-11-20(18)33-2/h3-13H,1-2H3,(H,26,28)/b25-13+. The minimum absolute atomic E-state index is 0.0242. The molecule has 1 amide bonds. The lowest BCUT2D eigenvalue weighted by atomic mass is 10.1. The van der Waals surface area contributed by atoms with Crippen molar-refractivity contribution in [3.63, 3.8) is 0 Å². The Morgan fingerprint density at radius 3 is 2.44 bits per heavy atom. The number of ether oxygens (including phenoxy) is 3. The maximum Gasteiger partial charge on any atom is 0.347 e. The van der Waals surface area contributed by atoms with E-state index in [0.717, 1.165) is 6.21 Å². The molecule has 10 nitrogen and oxygen atoms in total. The number of methoxy groups -OCH3 is 2. The number of hydrogen-bond donors (Lipinski definition) is 1. The lowest BCUT2D eigenvalue weighted by Crippen LogP contribution is -2.18. The topological polar surface area (TPSA) is 129 Å². The number of amides is 1. The van der Waals surface area contributed by atoms with E-state index in [1.165, 1.54) is 50.6 Å². The third kappa shape index (κ3) is 5.67. The van der Waals surface area contributed by atoms with Gasteiger partial charge in [-0.2, -0.15) is 5.10 Å². The quantitative estimate of drug-likeness (QED) is 0.167. The summed E-state index contributed by atoms with van der Waals surface area (Å²) in [6.07, 6.45) is 1.13. The molecule has 3 aromatic carbocycles. The molecule has 3 aromatic rings. The highest BCUT2D eigenvalue weighted by atomic mass is 35.5. The zero-order valence-corrected chi connectivity index (χ0v) is 18.7. The van der Waals surface area contributed by atoms with Gasteiger partial charge in [-0.05, 0) is 48.5 Å². The molecule has 0 fully saturated rings. The molecule has 0 bridgehead atoms. The highest BCUT2D eigenvalue weighted by molar-refractivity contribution is 6.31. The predicted octanol–water partition coefficient (Wildman–Crippen LogP) is 4.25. The minimum atomic E-state index is -0.925. The van der Waals surface area contributed by atoms with Crippen molar-refractivity contribution in [3.05, 3.63) is 92.5 Å². The van der Waals surface area contributed by atoms with E-state index in [1.54, 1.807) is 24.3 Å². The maximum absolute atomic E-state index is 12.8. The van der Waals surface area contributed by atoms with Gasteiger partial charge in [0.15, 0.2) is 0 Å². The molecule has 1 N–H and O–H groups in total. The molecule has 0 saturated carbocycles. The third-order valence-corrected chi connectivity index (χ3v) is 4.75. The number of halogens is 1. The lowest BCUT2D eigenvalue weighted by Gasteiger charge is -2.11. The van der Waals surface area contributed by atoms with Crippen LogP contribution in [0.25, 0.3) is 0 Å². The summed E-state index contributed by atoms with van der Waals surface area (Å²) in [6, 6.07) is 14.6. The Morgan fingerprint density at radius 1 is 1.06 bits per heavy atom. The molecule has 0 heterocycles. The van der Waals surface area contributed by atoms with Gasteiger partial charge in [-0.1, -0.05) is 17.7 Å². The highest BCUT2D eigenvalue weighted by Gasteiger charge is 2.24. The van der Waals surface area contributed by atoms with Crippen LogP contribution in [0, 0.1) is 10.1 Å². The zero-order valence-electron chi connectivity index (χ0n) is 18.0. The zero-order chi connectivity index (χ0) is 24.7. The fourth-order valence-corrected chi connectivity index (χ4v) is 3.03. The van der Waals surface area contributed by atoms with Crippen molar-refractivity contribution in [2.75, 3.05) is 14.2 Å². The average molecular weight is 484 g/mol. The number of rotatable bonds is 8. The normalized spacial score (nSPS) is 10.6. The monoisotopic (exact) mass is 483 g/mol. The number of benzene rings is 3. The van der Waals surface area contributed by atoms with E-state index in [4.69, 9.17) is 25.8 Å². The van der Waals surface area contributed by atoms with Crippen molar-refractivity contribution < 1.29 is 28.7 Å². The fraction of sp³-hybridized carbons (Fsp3) is 0.0870. The average Bonchev–Trinajstić information content (AvgIpc) is 2.84. The molecule has 0 saturated heterocycles. The third-order valence-electron chi connectivity index (χ3n) is 4.52. The number of nitrogens with zero attached hydrogens (tertiary/aromatic N) is 2. The number of nitro groups is 1. The van der Waals surface area contributed by atoms with E-state index in [9.17, 15) is 19.7 Å². The molecule has 0 spiro atoms. The Balaban J connectivity index is 1.86. The van der Waals surface area contributed by atoms with Gasteiger partial charge >= 0.3 is 11.7 Å². The molecule has 0 aliphatic heterocycles. The van der Waals surface area contributed by atoms with Crippen LogP contribution in [0.5, 0.6) is 17.2 Å². The van der Waals surface area contributed by atoms with Gasteiger partial charge in [0.1, 0.15) is 17.1 Å². The van der Waals surface area contributed by atoms with E-state index >= 15 is 0 Å². The number of para-hydroxylation sites is 1. The van der Waals surface area contributed by atoms with Gasteiger partial charge in [0.05, 0.1) is 25.4 Å². The van der Waals surface area contributed by atoms with E-state index in [1.807, 2.05) is 0 Å². The van der Waals surface area contributed by atoms with Crippen LogP contribution in [0.1, 0.15) is 26.3 Å². The van der Waals surface area contributed by atoms with Crippen molar-refractivity contribution in [3.8, 4) is 17.2 Å². The molecular formula is C23H18ClN3O7. The summed E-state index contributed by atoms with van der Waals surface area (Å²) in [5.74, 6) is -1.05. The number of hydrazone groups is 1. The Hall–Kier alpha value is -4.44. The van der Waals surface area contributed by atoms with Crippen LogP contribution < -0.4 is 19.6 Å². The lowest BCUT2D eigenvalue weighted by molar-refractivity contribution is -0.385. The molecule has 0 aromatic heterocycles. The van der Waals surface area contributed by atoms with Crippen LogP contribution in [0.2, 0.25) is 5.02 Å². The summed E-state index contributed by atoms with van der Waals surface area (Å²) in [5.41, 5.74) is 2.22. The van der Waals surface area contributed by atoms with Gasteiger partial charge in [-0.25, -0.2) is 10.2 Å².